The van der Waals surface area contributed by atoms with Crippen molar-refractivity contribution in [1.82, 2.24) is 4.98 Å². The molecule has 4 heteroatoms. The first kappa shape index (κ1) is 12.9. The standard InChI is InChI=1S/C12H19N3S/c1-4-15(8-9(2)3)10-5-6-14-11(7-10)12(13)16/h5-7,9H,4,8H2,1-3H3,(H2,13,16). The highest BCUT2D eigenvalue weighted by Gasteiger charge is 2.08. The van der Waals surface area contributed by atoms with Crippen LogP contribution in [0.3, 0.4) is 0 Å². The van der Waals surface area contributed by atoms with Crippen LogP contribution in [0.5, 0.6) is 0 Å². The molecule has 0 unspecified atom stereocenters. The molecule has 3 nitrogen and oxygen atoms in total. The Hall–Kier alpha value is -1.16. The zero-order valence-corrected chi connectivity index (χ0v) is 10.9. The summed E-state index contributed by atoms with van der Waals surface area (Å²) in [4.78, 5) is 6.79. The maximum atomic E-state index is 5.58. The molecule has 0 fully saturated rings. The lowest BCUT2D eigenvalue weighted by molar-refractivity contribution is 0.618. The van der Waals surface area contributed by atoms with Gasteiger partial charge in [-0.15, -0.1) is 0 Å². The van der Waals surface area contributed by atoms with Crippen LogP contribution in [0.4, 0.5) is 5.69 Å². The van der Waals surface area contributed by atoms with Crippen molar-refractivity contribution in [3.8, 4) is 0 Å². The second kappa shape index (κ2) is 5.80. The smallest absolute Gasteiger partial charge is 0.122 e. The first-order chi connectivity index (χ1) is 7.54. The van der Waals surface area contributed by atoms with E-state index in [1.807, 2.05) is 12.1 Å². The van der Waals surface area contributed by atoms with Gasteiger partial charge in [0.15, 0.2) is 0 Å². The molecular formula is C12H19N3S. The summed E-state index contributed by atoms with van der Waals surface area (Å²) in [5.41, 5.74) is 7.40. The van der Waals surface area contributed by atoms with Gasteiger partial charge in [-0.1, -0.05) is 26.1 Å². The first-order valence-corrected chi connectivity index (χ1v) is 5.96. The van der Waals surface area contributed by atoms with Gasteiger partial charge < -0.3 is 10.6 Å². The van der Waals surface area contributed by atoms with Crippen LogP contribution >= 0.6 is 12.2 Å². The molecule has 1 heterocycles. The predicted octanol–water partition coefficient (Wildman–Crippen LogP) is 2.20. The second-order valence-electron chi connectivity index (χ2n) is 4.20. The summed E-state index contributed by atoms with van der Waals surface area (Å²) in [6, 6.07) is 3.95. The molecule has 0 saturated carbocycles. The van der Waals surface area contributed by atoms with Crippen LogP contribution in [-0.4, -0.2) is 23.1 Å². The van der Waals surface area contributed by atoms with Gasteiger partial charge in [0.1, 0.15) is 4.99 Å². The Morgan fingerprint density at radius 1 is 1.56 bits per heavy atom. The average Bonchev–Trinajstić information content (AvgIpc) is 2.25. The van der Waals surface area contributed by atoms with Gasteiger partial charge in [-0.2, -0.15) is 0 Å². The summed E-state index contributed by atoms with van der Waals surface area (Å²) < 4.78 is 0. The van der Waals surface area contributed by atoms with E-state index in [0.29, 0.717) is 16.6 Å². The third kappa shape index (κ3) is 3.45. The van der Waals surface area contributed by atoms with Crippen molar-refractivity contribution in [3.63, 3.8) is 0 Å². The number of aromatic nitrogens is 1. The van der Waals surface area contributed by atoms with E-state index in [2.05, 4.69) is 30.7 Å². The van der Waals surface area contributed by atoms with E-state index < -0.39 is 0 Å². The van der Waals surface area contributed by atoms with E-state index in [1.54, 1.807) is 6.20 Å². The lowest BCUT2D eigenvalue weighted by Gasteiger charge is -2.25. The Morgan fingerprint density at radius 3 is 2.75 bits per heavy atom. The Bertz CT molecular complexity index is 363. The highest BCUT2D eigenvalue weighted by molar-refractivity contribution is 7.80. The second-order valence-corrected chi connectivity index (χ2v) is 4.64. The zero-order chi connectivity index (χ0) is 12.1. The van der Waals surface area contributed by atoms with Crippen molar-refractivity contribution in [2.24, 2.45) is 11.7 Å². The molecule has 0 aliphatic rings. The molecule has 0 saturated heterocycles. The van der Waals surface area contributed by atoms with Gasteiger partial charge in [0, 0.05) is 25.0 Å². The molecule has 0 aromatic carbocycles. The first-order valence-electron chi connectivity index (χ1n) is 5.55. The molecule has 0 atom stereocenters. The molecule has 16 heavy (non-hydrogen) atoms. The number of pyridine rings is 1. The maximum absolute atomic E-state index is 5.58. The summed E-state index contributed by atoms with van der Waals surface area (Å²) in [6.45, 7) is 8.55. The van der Waals surface area contributed by atoms with E-state index in [0.717, 1.165) is 18.8 Å². The molecule has 0 radical (unpaired) electrons. The minimum Gasteiger partial charge on any atom is -0.388 e. The molecule has 1 aromatic heterocycles. The third-order valence-electron chi connectivity index (χ3n) is 2.33. The van der Waals surface area contributed by atoms with Crippen molar-refractivity contribution in [2.45, 2.75) is 20.8 Å². The van der Waals surface area contributed by atoms with Crippen LogP contribution in [0.25, 0.3) is 0 Å². The van der Waals surface area contributed by atoms with Crippen LogP contribution in [0.1, 0.15) is 26.5 Å². The summed E-state index contributed by atoms with van der Waals surface area (Å²) >= 11 is 4.93. The predicted molar refractivity (Wildman–Crippen MR) is 72.8 cm³/mol. The van der Waals surface area contributed by atoms with Gasteiger partial charge >= 0.3 is 0 Å². The van der Waals surface area contributed by atoms with Crippen molar-refractivity contribution < 1.29 is 0 Å². The van der Waals surface area contributed by atoms with Crippen LogP contribution in [0.15, 0.2) is 18.3 Å². The number of anilines is 1. The van der Waals surface area contributed by atoms with Gasteiger partial charge in [-0.25, -0.2) is 0 Å². The number of thiocarbonyl (C=S) groups is 1. The number of nitrogens with zero attached hydrogens (tertiary/aromatic N) is 2. The lowest BCUT2D eigenvalue weighted by atomic mass is 10.2. The Morgan fingerprint density at radius 2 is 2.25 bits per heavy atom. The number of nitrogens with two attached hydrogens (primary N) is 1. The van der Waals surface area contributed by atoms with Crippen LogP contribution < -0.4 is 10.6 Å². The molecule has 0 spiro atoms. The monoisotopic (exact) mass is 237 g/mol. The Kier molecular flexibility index (Phi) is 4.68. The molecule has 2 N–H and O–H groups in total. The molecule has 0 aliphatic heterocycles. The fraction of sp³-hybridized carbons (Fsp3) is 0.500. The zero-order valence-electron chi connectivity index (χ0n) is 10.1. The lowest BCUT2D eigenvalue weighted by Crippen LogP contribution is -2.27. The van der Waals surface area contributed by atoms with Crippen LogP contribution in [-0.2, 0) is 0 Å². The summed E-state index contributed by atoms with van der Waals surface area (Å²) in [5.74, 6) is 0.626. The SMILES string of the molecule is CCN(CC(C)C)c1ccnc(C(N)=S)c1. The van der Waals surface area contributed by atoms with E-state index >= 15 is 0 Å². The summed E-state index contributed by atoms with van der Waals surface area (Å²) in [6.07, 6.45) is 1.76. The van der Waals surface area contributed by atoms with Crippen LogP contribution in [0.2, 0.25) is 0 Å². The molecular weight excluding hydrogens is 218 g/mol. The largest absolute Gasteiger partial charge is 0.388 e. The summed E-state index contributed by atoms with van der Waals surface area (Å²) in [7, 11) is 0. The van der Waals surface area contributed by atoms with Crippen molar-refractivity contribution in [2.75, 3.05) is 18.0 Å². The third-order valence-corrected chi connectivity index (χ3v) is 2.54. The molecule has 1 aromatic rings. The molecule has 0 aliphatic carbocycles. The van der Waals surface area contributed by atoms with Gasteiger partial charge in [0.2, 0.25) is 0 Å². The van der Waals surface area contributed by atoms with E-state index in [-0.39, 0.29) is 0 Å². The molecule has 1 rings (SSSR count). The minimum absolute atomic E-state index is 0.349. The van der Waals surface area contributed by atoms with E-state index in [4.69, 9.17) is 18.0 Å². The number of rotatable bonds is 5. The fourth-order valence-electron chi connectivity index (χ4n) is 1.61. The van der Waals surface area contributed by atoms with Gasteiger partial charge in [-0.05, 0) is 25.0 Å². The van der Waals surface area contributed by atoms with Crippen molar-refractivity contribution >= 4 is 22.9 Å². The quantitative estimate of drug-likeness (QED) is 0.797. The summed E-state index contributed by atoms with van der Waals surface area (Å²) in [5, 5.41) is 0. The van der Waals surface area contributed by atoms with Gasteiger partial charge in [0.05, 0.1) is 5.69 Å². The highest BCUT2D eigenvalue weighted by atomic mass is 32.1. The molecule has 88 valence electrons. The highest BCUT2D eigenvalue weighted by Crippen LogP contribution is 2.15. The van der Waals surface area contributed by atoms with Crippen molar-refractivity contribution in [3.05, 3.63) is 24.0 Å². The molecule has 0 amide bonds. The topological polar surface area (TPSA) is 42.2 Å². The van der Waals surface area contributed by atoms with Gasteiger partial charge in [0.25, 0.3) is 0 Å². The van der Waals surface area contributed by atoms with Crippen LogP contribution in [0, 0.1) is 5.92 Å². The maximum Gasteiger partial charge on any atom is 0.122 e. The fourth-order valence-corrected chi connectivity index (χ4v) is 1.72. The Labute approximate surface area is 103 Å². The van der Waals surface area contributed by atoms with E-state index in [9.17, 15) is 0 Å². The number of hydrogen-bond acceptors (Lipinski definition) is 3. The Balaban J connectivity index is 2.92. The number of hydrogen-bond donors (Lipinski definition) is 1. The average molecular weight is 237 g/mol. The normalized spacial score (nSPS) is 10.5. The van der Waals surface area contributed by atoms with Gasteiger partial charge in [-0.3, -0.25) is 4.98 Å². The van der Waals surface area contributed by atoms with Crippen molar-refractivity contribution in [1.29, 1.82) is 0 Å². The minimum atomic E-state index is 0.349. The van der Waals surface area contributed by atoms with E-state index in [1.165, 1.54) is 0 Å². The molecule has 0 bridgehead atoms.